The Kier molecular flexibility index (Phi) is 2.68. The molecule has 82 valence electrons. The summed E-state index contributed by atoms with van der Waals surface area (Å²) in [5.41, 5.74) is 2.10. The van der Waals surface area contributed by atoms with E-state index in [1.165, 1.54) is 0 Å². The van der Waals surface area contributed by atoms with Crippen molar-refractivity contribution in [3.8, 4) is 6.07 Å². The summed E-state index contributed by atoms with van der Waals surface area (Å²) in [7, 11) is 1.90. The van der Waals surface area contributed by atoms with Crippen LogP contribution < -0.4 is 0 Å². The topological polar surface area (TPSA) is 72.3 Å². The smallest absolute Gasteiger partial charge is 0.252 e. The molecule has 2 rings (SSSR count). The summed E-state index contributed by atoms with van der Waals surface area (Å²) in [5.74, 6) is 0.192. The number of hydrogen-bond donors (Lipinski definition) is 0. The minimum atomic E-state index is 0.192. The van der Waals surface area contributed by atoms with E-state index in [4.69, 9.17) is 5.26 Å². The third kappa shape index (κ3) is 1.93. The maximum atomic E-state index is 8.61. The van der Waals surface area contributed by atoms with E-state index in [9.17, 15) is 0 Å². The molecule has 0 saturated heterocycles. The van der Waals surface area contributed by atoms with Gasteiger partial charge in [0.15, 0.2) is 0 Å². The standard InChI is InChI=1S/C10H12N6/c1-3-8-4-9(15(2)13-8)6-16-7-12-10(5-11)14-16/h4,7H,3,6H2,1-2H3. The highest BCUT2D eigenvalue weighted by Crippen LogP contribution is 2.05. The van der Waals surface area contributed by atoms with Crippen LogP contribution in [0.15, 0.2) is 12.4 Å². The summed E-state index contributed by atoms with van der Waals surface area (Å²) in [5, 5.41) is 17.0. The molecule has 0 amide bonds. The molecule has 16 heavy (non-hydrogen) atoms. The summed E-state index contributed by atoms with van der Waals surface area (Å²) in [4.78, 5) is 3.85. The maximum absolute atomic E-state index is 8.61. The van der Waals surface area contributed by atoms with Gasteiger partial charge in [0.05, 0.1) is 17.9 Å². The molecule has 2 heterocycles. The van der Waals surface area contributed by atoms with Crippen molar-refractivity contribution in [2.24, 2.45) is 7.05 Å². The molecule has 2 aromatic rings. The molecule has 0 aliphatic rings. The van der Waals surface area contributed by atoms with Gasteiger partial charge in [0.2, 0.25) is 0 Å². The van der Waals surface area contributed by atoms with E-state index in [1.807, 2.05) is 23.9 Å². The lowest BCUT2D eigenvalue weighted by Crippen LogP contribution is -2.06. The molecule has 0 atom stereocenters. The van der Waals surface area contributed by atoms with E-state index in [-0.39, 0.29) is 5.82 Å². The SMILES string of the molecule is CCc1cc(Cn2cnc(C#N)n2)n(C)n1. The summed E-state index contributed by atoms with van der Waals surface area (Å²) in [6.45, 7) is 2.65. The highest BCUT2D eigenvalue weighted by molar-refractivity contribution is 5.11. The largest absolute Gasteiger partial charge is 0.270 e. The lowest BCUT2D eigenvalue weighted by Gasteiger charge is -2.00. The molecular formula is C10H12N6. The molecule has 0 saturated carbocycles. The van der Waals surface area contributed by atoms with Gasteiger partial charge in [-0.15, -0.1) is 5.10 Å². The van der Waals surface area contributed by atoms with Crippen molar-refractivity contribution in [1.29, 1.82) is 5.26 Å². The third-order valence-electron chi connectivity index (χ3n) is 2.35. The van der Waals surface area contributed by atoms with Crippen LogP contribution in [0.5, 0.6) is 0 Å². The number of nitriles is 1. The van der Waals surface area contributed by atoms with Crippen molar-refractivity contribution in [2.45, 2.75) is 19.9 Å². The Morgan fingerprint density at radius 1 is 1.44 bits per heavy atom. The lowest BCUT2D eigenvalue weighted by molar-refractivity contribution is 0.615. The molecule has 6 heteroatoms. The number of aromatic nitrogens is 5. The van der Waals surface area contributed by atoms with E-state index < -0.39 is 0 Å². The number of nitrogens with zero attached hydrogens (tertiary/aromatic N) is 6. The van der Waals surface area contributed by atoms with Crippen molar-refractivity contribution in [3.05, 3.63) is 29.6 Å². The lowest BCUT2D eigenvalue weighted by atomic mass is 10.3. The first kappa shape index (κ1) is 10.4. The van der Waals surface area contributed by atoms with Crippen molar-refractivity contribution in [2.75, 3.05) is 0 Å². The Balaban J connectivity index is 2.20. The zero-order chi connectivity index (χ0) is 11.5. The first-order valence-electron chi connectivity index (χ1n) is 5.04. The van der Waals surface area contributed by atoms with Crippen LogP contribution in [-0.4, -0.2) is 24.5 Å². The van der Waals surface area contributed by atoms with Gasteiger partial charge in [-0.25, -0.2) is 9.67 Å². The van der Waals surface area contributed by atoms with Gasteiger partial charge >= 0.3 is 0 Å². The summed E-state index contributed by atoms with van der Waals surface area (Å²) >= 11 is 0. The van der Waals surface area contributed by atoms with Crippen LogP contribution in [0.4, 0.5) is 0 Å². The molecule has 0 N–H and O–H groups in total. The number of hydrogen-bond acceptors (Lipinski definition) is 4. The zero-order valence-corrected chi connectivity index (χ0v) is 9.25. The first-order chi connectivity index (χ1) is 7.72. The Bertz CT molecular complexity index is 530. The summed E-state index contributed by atoms with van der Waals surface area (Å²) in [6.07, 6.45) is 2.46. The fourth-order valence-electron chi connectivity index (χ4n) is 1.48. The normalized spacial score (nSPS) is 10.3. The average molecular weight is 216 g/mol. The number of aryl methyl sites for hydroxylation is 2. The highest BCUT2D eigenvalue weighted by atomic mass is 15.3. The second-order valence-corrected chi connectivity index (χ2v) is 3.48. The van der Waals surface area contributed by atoms with Gasteiger partial charge in [-0.1, -0.05) is 6.92 Å². The molecule has 0 aliphatic carbocycles. The minimum Gasteiger partial charge on any atom is -0.270 e. The van der Waals surface area contributed by atoms with Crippen LogP contribution in [0, 0.1) is 11.3 Å². The van der Waals surface area contributed by atoms with Gasteiger partial charge in [-0.05, 0) is 12.5 Å². The second-order valence-electron chi connectivity index (χ2n) is 3.48. The second kappa shape index (κ2) is 4.14. The first-order valence-corrected chi connectivity index (χ1v) is 5.04. The van der Waals surface area contributed by atoms with Gasteiger partial charge in [0.25, 0.3) is 5.82 Å². The van der Waals surface area contributed by atoms with E-state index in [0.29, 0.717) is 6.54 Å². The van der Waals surface area contributed by atoms with Crippen LogP contribution in [0.2, 0.25) is 0 Å². The third-order valence-corrected chi connectivity index (χ3v) is 2.35. The van der Waals surface area contributed by atoms with Crippen molar-refractivity contribution < 1.29 is 0 Å². The van der Waals surface area contributed by atoms with Gasteiger partial charge in [0, 0.05) is 7.05 Å². The molecule has 0 radical (unpaired) electrons. The molecule has 0 unspecified atom stereocenters. The van der Waals surface area contributed by atoms with E-state index in [0.717, 1.165) is 17.8 Å². The molecule has 0 aliphatic heterocycles. The Morgan fingerprint density at radius 2 is 2.25 bits per heavy atom. The quantitative estimate of drug-likeness (QED) is 0.748. The van der Waals surface area contributed by atoms with Crippen molar-refractivity contribution >= 4 is 0 Å². The summed E-state index contributed by atoms with van der Waals surface area (Å²) < 4.78 is 3.46. The van der Waals surface area contributed by atoms with Gasteiger partial charge < -0.3 is 0 Å². The fraction of sp³-hybridized carbons (Fsp3) is 0.400. The minimum absolute atomic E-state index is 0.192. The van der Waals surface area contributed by atoms with Crippen LogP contribution in [0.1, 0.15) is 24.1 Å². The van der Waals surface area contributed by atoms with Crippen LogP contribution in [0.25, 0.3) is 0 Å². The maximum Gasteiger partial charge on any atom is 0.252 e. The Hall–Kier alpha value is -2.16. The Morgan fingerprint density at radius 3 is 2.81 bits per heavy atom. The molecule has 0 fully saturated rings. The van der Waals surface area contributed by atoms with E-state index in [2.05, 4.69) is 22.1 Å². The van der Waals surface area contributed by atoms with Crippen LogP contribution >= 0.6 is 0 Å². The highest BCUT2D eigenvalue weighted by Gasteiger charge is 2.06. The monoisotopic (exact) mass is 216 g/mol. The van der Waals surface area contributed by atoms with Gasteiger partial charge in [0.1, 0.15) is 12.4 Å². The molecule has 6 nitrogen and oxygen atoms in total. The molecule has 0 aromatic carbocycles. The van der Waals surface area contributed by atoms with Crippen LogP contribution in [0.3, 0.4) is 0 Å². The average Bonchev–Trinajstić information content (AvgIpc) is 2.87. The van der Waals surface area contributed by atoms with E-state index >= 15 is 0 Å². The van der Waals surface area contributed by atoms with Crippen molar-refractivity contribution in [3.63, 3.8) is 0 Å². The zero-order valence-electron chi connectivity index (χ0n) is 9.25. The fourth-order valence-corrected chi connectivity index (χ4v) is 1.48. The Labute approximate surface area is 93.1 Å². The van der Waals surface area contributed by atoms with Crippen LogP contribution in [-0.2, 0) is 20.0 Å². The van der Waals surface area contributed by atoms with Gasteiger partial charge in [-0.3, -0.25) is 4.68 Å². The van der Waals surface area contributed by atoms with Crippen molar-refractivity contribution in [1.82, 2.24) is 24.5 Å². The molecular weight excluding hydrogens is 204 g/mol. The molecule has 0 bridgehead atoms. The summed E-state index contributed by atoms with van der Waals surface area (Å²) in [6, 6.07) is 3.93. The molecule has 2 aromatic heterocycles. The predicted molar refractivity (Wildman–Crippen MR) is 56.4 cm³/mol. The predicted octanol–water partition coefficient (Wildman–Crippen LogP) is 0.494. The number of rotatable bonds is 3. The van der Waals surface area contributed by atoms with Gasteiger partial charge in [-0.2, -0.15) is 10.4 Å². The van der Waals surface area contributed by atoms with E-state index in [1.54, 1.807) is 11.0 Å². The molecule has 0 spiro atoms.